The van der Waals surface area contributed by atoms with Crippen molar-refractivity contribution in [3.63, 3.8) is 0 Å². The Kier molecular flexibility index (Phi) is 3.99. The second-order valence-corrected chi connectivity index (χ2v) is 3.74. The third-order valence-corrected chi connectivity index (χ3v) is 2.36. The van der Waals surface area contributed by atoms with Gasteiger partial charge in [0.2, 0.25) is 0 Å². The topological polar surface area (TPSA) is 84.1 Å². The van der Waals surface area contributed by atoms with Crippen molar-refractivity contribution >= 4 is 5.82 Å². The van der Waals surface area contributed by atoms with Crippen LogP contribution in [-0.2, 0) is 6.54 Å². The van der Waals surface area contributed by atoms with Crippen LogP contribution in [-0.4, -0.2) is 27.2 Å². The van der Waals surface area contributed by atoms with Gasteiger partial charge < -0.3 is 16.2 Å². The standard InChI is InChI=1S/C10H18N4O/c1-6(7(2)15)12-4-9-5-13-8(3)14-10(9)11/h5-7,12,15H,4H2,1-3H3,(H2,11,13,14). The minimum Gasteiger partial charge on any atom is -0.392 e. The van der Waals surface area contributed by atoms with Crippen LogP contribution in [0.5, 0.6) is 0 Å². The normalized spacial score (nSPS) is 14.9. The number of nitrogen functional groups attached to an aromatic ring is 1. The van der Waals surface area contributed by atoms with Crippen molar-refractivity contribution in [2.24, 2.45) is 0 Å². The summed E-state index contributed by atoms with van der Waals surface area (Å²) in [7, 11) is 0. The number of aliphatic hydroxyl groups excluding tert-OH is 1. The number of nitrogens with zero attached hydrogens (tertiary/aromatic N) is 2. The van der Waals surface area contributed by atoms with E-state index in [0.29, 0.717) is 18.2 Å². The van der Waals surface area contributed by atoms with Crippen molar-refractivity contribution < 1.29 is 5.11 Å². The largest absolute Gasteiger partial charge is 0.392 e. The highest BCUT2D eigenvalue weighted by atomic mass is 16.3. The molecule has 1 aromatic rings. The first-order valence-corrected chi connectivity index (χ1v) is 5.00. The van der Waals surface area contributed by atoms with Gasteiger partial charge in [-0.25, -0.2) is 9.97 Å². The fourth-order valence-corrected chi connectivity index (χ4v) is 1.09. The summed E-state index contributed by atoms with van der Waals surface area (Å²) in [5.74, 6) is 1.16. The van der Waals surface area contributed by atoms with Gasteiger partial charge in [-0.15, -0.1) is 0 Å². The van der Waals surface area contributed by atoms with Crippen LogP contribution in [0, 0.1) is 6.92 Å². The highest BCUT2D eigenvalue weighted by molar-refractivity contribution is 5.37. The molecule has 15 heavy (non-hydrogen) atoms. The van der Waals surface area contributed by atoms with Crippen LogP contribution < -0.4 is 11.1 Å². The number of hydrogen-bond donors (Lipinski definition) is 3. The Morgan fingerprint density at radius 1 is 1.53 bits per heavy atom. The third-order valence-electron chi connectivity index (χ3n) is 2.36. The molecule has 0 aliphatic heterocycles. The first kappa shape index (κ1) is 11.9. The molecule has 1 heterocycles. The Morgan fingerprint density at radius 2 is 2.20 bits per heavy atom. The molecule has 0 saturated carbocycles. The molecule has 0 saturated heterocycles. The summed E-state index contributed by atoms with van der Waals surface area (Å²) in [6, 6.07) is 0.0192. The molecule has 2 unspecified atom stereocenters. The van der Waals surface area contributed by atoms with Crippen molar-refractivity contribution in [2.75, 3.05) is 5.73 Å². The van der Waals surface area contributed by atoms with Gasteiger partial charge in [-0.05, 0) is 20.8 Å². The first-order valence-electron chi connectivity index (χ1n) is 5.00. The van der Waals surface area contributed by atoms with E-state index in [9.17, 15) is 5.11 Å². The number of rotatable bonds is 4. The number of aliphatic hydroxyl groups is 1. The average molecular weight is 210 g/mol. The lowest BCUT2D eigenvalue weighted by Gasteiger charge is -2.16. The lowest BCUT2D eigenvalue weighted by atomic mass is 10.2. The van der Waals surface area contributed by atoms with Gasteiger partial charge in [0, 0.05) is 24.3 Å². The molecule has 0 aliphatic carbocycles. The van der Waals surface area contributed by atoms with E-state index in [1.807, 2.05) is 6.92 Å². The van der Waals surface area contributed by atoms with E-state index in [4.69, 9.17) is 5.73 Å². The zero-order chi connectivity index (χ0) is 11.4. The van der Waals surface area contributed by atoms with E-state index in [1.54, 1.807) is 20.0 Å². The molecule has 5 heteroatoms. The van der Waals surface area contributed by atoms with Gasteiger partial charge in [0.15, 0.2) is 0 Å². The molecule has 1 rings (SSSR count). The van der Waals surface area contributed by atoms with Crippen molar-refractivity contribution in [2.45, 2.75) is 39.5 Å². The minimum absolute atomic E-state index is 0.0192. The molecule has 0 aliphatic rings. The monoisotopic (exact) mass is 210 g/mol. The highest BCUT2D eigenvalue weighted by Crippen LogP contribution is 2.07. The zero-order valence-corrected chi connectivity index (χ0v) is 9.36. The quantitative estimate of drug-likeness (QED) is 0.662. The maximum absolute atomic E-state index is 9.29. The molecule has 5 nitrogen and oxygen atoms in total. The van der Waals surface area contributed by atoms with Crippen LogP contribution in [0.25, 0.3) is 0 Å². The second kappa shape index (κ2) is 5.04. The lowest BCUT2D eigenvalue weighted by molar-refractivity contribution is 0.152. The van der Waals surface area contributed by atoms with Gasteiger partial charge in [0.05, 0.1) is 6.10 Å². The predicted molar refractivity (Wildman–Crippen MR) is 59.2 cm³/mol. The SMILES string of the molecule is Cc1ncc(CNC(C)C(C)O)c(N)n1. The van der Waals surface area contributed by atoms with Crippen LogP contribution in [0.2, 0.25) is 0 Å². The van der Waals surface area contributed by atoms with Crippen molar-refractivity contribution in [1.82, 2.24) is 15.3 Å². The van der Waals surface area contributed by atoms with Crippen LogP contribution in [0.15, 0.2) is 6.20 Å². The third kappa shape index (κ3) is 3.45. The highest BCUT2D eigenvalue weighted by Gasteiger charge is 2.09. The lowest BCUT2D eigenvalue weighted by Crippen LogP contribution is -2.35. The number of nitrogens with two attached hydrogens (primary N) is 1. The summed E-state index contributed by atoms with van der Waals surface area (Å²) in [4.78, 5) is 8.13. The van der Waals surface area contributed by atoms with Crippen molar-refractivity contribution in [3.05, 3.63) is 17.6 Å². The average Bonchev–Trinajstić information content (AvgIpc) is 2.15. The maximum Gasteiger partial charge on any atom is 0.131 e. The Bertz CT molecular complexity index is 327. The fourth-order valence-electron chi connectivity index (χ4n) is 1.09. The molecular weight excluding hydrogens is 192 g/mol. The van der Waals surface area contributed by atoms with Gasteiger partial charge in [0.25, 0.3) is 0 Å². The smallest absolute Gasteiger partial charge is 0.131 e. The summed E-state index contributed by atoms with van der Waals surface area (Å²) >= 11 is 0. The fraction of sp³-hybridized carbons (Fsp3) is 0.600. The summed E-state index contributed by atoms with van der Waals surface area (Å²) in [5, 5.41) is 12.4. The Morgan fingerprint density at radius 3 is 2.73 bits per heavy atom. The maximum atomic E-state index is 9.29. The number of aryl methyl sites for hydroxylation is 1. The van der Waals surface area contributed by atoms with Gasteiger partial charge in [-0.2, -0.15) is 0 Å². The molecule has 0 fully saturated rings. The first-order chi connectivity index (χ1) is 7.00. The van der Waals surface area contributed by atoms with Crippen molar-refractivity contribution in [1.29, 1.82) is 0 Å². The van der Waals surface area contributed by atoms with Crippen molar-refractivity contribution in [3.8, 4) is 0 Å². The van der Waals surface area contributed by atoms with Gasteiger partial charge in [-0.1, -0.05) is 0 Å². The van der Waals surface area contributed by atoms with Crippen LogP contribution >= 0.6 is 0 Å². The summed E-state index contributed by atoms with van der Waals surface area (Å²) in [6.45, 7) is 6.02. The van der Waals surface area contributed by atoms with E-state index >= 15 is 0 Å². The van der Waals surface area contributed by atoms with Crippen LogP contribution in [0.3, 0.4) is 0 Å². The minimum atomic E-state index is -0.391. The van der Waals surface area contributed by atoms with E-state index < -0.39 is 6.10 Å². The molecular formula is C10H18N4O. The number of anilines is 1. The predicted octanol–water partition coefficient (Wildman–Crippen LogP) is 0.226. The Labute approximate surface area is 89.7 Å². The Balaban J connectivity index is 2.58. The van der Waals surface area contributed by atoms with Crippen LogP contribution in [0.4, 0.5) is 5.82 Å². The molecule has 2 atom stereocenters. The molecule has 84 valence electrons. The zero-order valence-electron chi connectivity index (χ0n) is 9.36. The molecule has 0 radical (unpaired) electrons. The number of nitrogens with one attached hydrogen (secondary N) is 1. The summed E-state index contributed by atoms with van der Waals surface area (Å²) < 4.78 is 0. The number of aromatic nitrogens is 2. The van der Waals surface area contributed by atoms with E-state index in [1.165, 1.54) is 0 Å². The molecule has 4 N–H and O–H groups in total. The van der Waals surface area contributed by atoms with E-state index in [0.717, 1.165) is 5.56 Å². The molecule has 0 spiro atoms. The molecule has 1 aromatic heterocycles. The van der Waals surface area contributed by atoms with Gasteiger partial charge >= 0.3 is 0 Å². The molecule has 0 aromatic carbocycles. The van der Waals surface area contributed by atoms with Gasteiger partial charge in [0.1, 0.15) is 11.6 Å². The summed E-state index contributed by atoms with van der Waals surface area (Å²) in [6.07, 6.45) is 1.32. The summed E-state index contributed by atoms with van der Waals surface area (Å²) in [5.41, 5.74) is 6.58. The molecule has 0 bridgehead atoms. The molecule has 0 amide bonds. The van der Waals surface area contributed by atoms with E-state index in [-0.39, 0.29) is 6.04 Å². The van der Waals surface area contributed by atoms with E-state index in [2.05, 4.69) is 15.3 Å². The number of hydrogen-bond acceptors (Lipinski definition) is 5. The Hall–Kier alpha value is -1.20. The van der Waals surface area contributed by atoms with Crippen LogP contribution in [0.1, 0.15) is 25.2 Å². The van der Waals surface area contributed by atoms with Gasteiger partial charge in [-0.3, -0.25) is 0 Å². The second-order valence-electron chi connectivity index (χ2n) is 3.74.